The van der Waals surface area contributed by atoms with Crippen molar-refractivity contribution in [3.05, 3.63) is 70.8 Å². The fraction of sp³-hybridized carbons (Fsp3) is 0.586. The quantitative estimate of drug-likeness (QED) is 0.330. The van der Waals surface area contributed by atoms with E-state index < -0.39 is 12.2 Å². The lowest BCUT2D eigenvalue weighted by molar-refractivity contribution is 0.0359. The molecule has 184 valence electrons. The van der Waals surface area contributed by atoms with Crippen LogP contribution in [-0.4, -0.2) is 48.8 Å². The minimum absolute atomic E-state index is 0.138. The number of rotatable bonds is 16. The number of unbranched alkanes of at least 4 members (excludes halogenated alkanes) is 2. The summed E-state index contributed by atoms with van der Waals surface area (Å²) < 4.78 is 11.1. The van der Waals surface area contributed by atoms with Gasteiger partial charge in [0.05, 0.1) is 25.4 Å². The van der Waals surface area contributed by atoms with E-state index in [9.17, 15) is 10.2 Å². The summed E-state index contributed by atoms with van der Waals surface area (Å²) in [6, 6.07) is 17.1. The Balaban J connectivity index is 1.90. The molecular weight excluding hydrogens is 412 g/mol. The van der Waals surface area contributed by atoms with Gasteiger partial charge < -0.3 is 19.7 Å². The smallest absolute Gasteiger partial charge is 0.0813 e. The zero-order chi connectivity index (χ0) is 24.1. The summed E-state index contributed by atoms with van der Waals surface area (Å²) in [5.74, 6) is 0. The molecule has 0 aliphatic carbocycles. The van der Waals surface area contributed by atoms with Crippen molar-refractivity contribution < 1.29 is 19.7 Å². The first-order valence-electron chi connectivity index (χ1n) is 12.6. The Hall–Kier alpha value is -1.72. The van der Waals surface area contributed by atoms with Crippen molar-refractivity contribution in [3.63, 3.8) is 0 Å². The van der Waals surface area contributed by atoms with Gasteiger partial charge in [-0.15, -0.1) is 0 Å². The summed E-state index contributed by atoms with van der Waals surface area (Å²) in [6.45, 7) is 10.9. The van der Waals surface area contributed by atoms with E-state index in [1.807, 2.05) is 0 Å². The lowest BCUT2D eigenvalue weighted by atomic mass is 9.77. The predicted octanol–water partition coefficient (Wildman–Crippen LogP) is 5.45. The molecule has 0 saturated carbocycles. The molecule has 0 saturated heterocycles. The SMILES string of the molecule is CCCCOCC(O)Cc1ccc(C(C)(C)c2ccc(CC(O)COCCCC)cc2)cc1. The summed E-state index contributed by atoms with van der Waals surface area (Å²) >= 11 is 0. The highest BCUT2D eigenvalue weighted by molar-refractivity contribution is 5.40. The van der Waals surface area contributed by atoms with Gasteiger partial charge in [0.2, 0.25) is 0 Å². The Morgan fingerprint density at radius 1 is 0.667 bits per heavy atom. The summed E-state index contributed by atoms with van der Waals surface area (Å²) in [5.41, 5.74) is 4.56. The van der Waals surface area contributed by atoms with E-state index >= 15 is 0 Å². The third kappa shape index (κ3) is 9.58. The van der Waals surface area contributed by atoms with Crippen molar-refractivity contribution in [1.29, 1.82) is 0 Å². The van der Waals surface area contributed by atoms with Crippen LogP contribution in [0.4, 0.5) is 0 Å². The average Bonchev–Trinajstić information content (AvgIpc) is 2.80. The molecule has 0 aliphatic rings. The highest BCUT2D eigenvalue weighted by Gasteiger charge is 2.23. The maximum absolute atomic E-state index is 10.2. The van der Waals surface area contributed by atoms with E-state index in [0.29, 0.717) is 39.3 Å². The Kier molecular flexibility index (Phi) is 12.1. The molecule has 0 heterocycles. The van der Waals surface area contributed by atoms with Crippen LogP contribution in [0, 0.1) is 0 Å². The molecule has 0 spiro atoms. The maximum Gasteiger partial charge on any atom is 0.0813 e. The minimum atomic E-state index is -0.472. The van der Waals surface area contributed by atoms with Crippen LogP contribution in [0.5, 0.6) is 0 Å². The van der Waals surface area contributed by atoms with Gasteiger partial charge >= 0.3 is 0 Å². The standard InChI is InChI=1S/C29H44O4/c1-5-7-17-32-21-27(30)19-23-9-13-25(14-10-23)29(3,4)26-15-11-24(12-16-26)20-28(31)22-33-18-8-6-2/h9-16,27-28,30-31H,5-8,17-22H2,1-4H3. The van der Waals surface area contributed by atoms with Gasteiger partial charge in [0.15, 0.2) is 0 Å². The zero-order valence-electron chi connectivity index (χ0n) is 21.1. The van der Waals surface area contributed by atoms with Gasteiger partial charge in [0, 0.05) is 31.5 Å². The van der Waals surface area contributed by atoms with Crippen LogP contribution < -0.4 is 0 Å². The van der Waals surface area contributed by atoms with Crippen molar-refractivity contribution in [1.82, 2.24) is 0 Å². The molecule has 0 fully saturated rings. The molecule has 4 heteroatoms. The van der Waals surface area contributed by atoms with Gasteiger partial charge in [-0.2, -0.15) is 0 Å². The van der Waals surface area contributed by atoms with E-state index in [4.69, 9.17) is 9.47 Å². The van der Waals surface area contributed by atoms with Gasteiger partial charge in [-0.3, -0.25) is 0 Å². The first kappa shape index (κ1) is 27.5. The average molecular weight is 457 g/mol. The molecule has 0 radical (unpaired) electrons. The maximum atomic E-state index is 10.2. The summed E-state index contributed by atoms with van der Waals surface area (Å²) in [6.07, 6.45) is 4.54. The van der Waals surface area contributed by atoms with Gasteiger partial charge in [-0.05, 0) is 35.1 Å². The molecule has 2 unspecified atom stereocenters. The third-order valence-electron chi connectivity index (χ3n) is 6.20. The highest BCUT2D eigenvalue weighted by atomic mass is 16.5. The minimum Gasteiger partial charge on any atom is -0.390 e. The molecule has 0 amide bonds. The second-order valence-corrected chi connectivity index (χ2v) is 9.59. The monoisotopic (exact) mass is 456 g/mol. The van der Waals surface area contributed by atoms with Crippen LogP contribution in [0.25, 0.3) is 0 Å². The fourth-order valence-electron chi connectivity index (χ4n) is 3.88. The summed E-state index contributed by atoms with van der Waals surface area (Å²) in [7, 11) is 0. The predicted molar refractivity (Wildman–Crippen MR) is 136 cm³/mol. The molecule has 4 nitrogen and oxygen atoms in total. The lowest BCUT2D eigenvalue weighted by Gasteiger charge is -2.27. The van der Waals surface area contributed by atoms with Crippen LogP contribution in [0.3, 0.4) is 0 Å². The molecule has 2 rings (SSSR count). The number of benzene rings is 2. The van der Waals surface area contributed by atoms with E-state index in [1.54, 1.807) is 0 Å². The first-order valence-corrected chi connectivity index (χ1v) is 12.6. The van der Waals surface area contributed by atoms with Gasteiger partial charge in [0.25, 0.3) is 0 Å². The first-order chi connectivity index (χ1) is 15.9. The molecule has 2 atom stereocenters. The molecule has 0 bridgehead atoms. The molecule has 0 aromatic heterocycles. The number of aliphatic hydroxyl groups is 2. The lowest BCUT2D eigenvalue weighted by Crippen LogP contribution is -2.21. The second kappa shape index (κ2) is 14.5. The number of ether oxygens (including phenoxy) is 2. The van der Waals surface area contributed by atoms with Gasteiger partial charge in [0.1, 0.15) is 0 Å². The molecule has 2 aromatic carbocycles. The summed E-state index contributed by atoms with van der Waals surface area (Å²) in [5, 5.41) is 20.4. The van der Waals surface area contributed by atoms with Crippen molar-refractivity contribution in [2.45, 2.75) is 83.8 Å². The Bertz CT molecular complexity index is 702. The highest BCUT2D eigenvalue weighted by Crippen LogP contribution is 2.32. The Morgan fingerprint density at radius 3 is 1.36 bits per heavy atom. The molecular formula is C29H44O4. The van der Waals surface area contributed by atoms with Crippen molar-refractivity contribution in [3.8, 4) is 0 Å². The van der Waals surface area contributed by atoms with Crippen LogP contribution >= 0.6 is 0 Å². The van der Waals surface area contributed by atoms with Crippen molar-refractivity contribution >= 4 is 0 Å². The van der Waals surface area contributed by atoms with E-state index in [2.05, 4.69) is 76.2 Å². The van der Waals surface area contributed by atoms with Crippen LogP contribution in [0.2, 0.25) is 0 Å². The van der Waals surface area contributed by atoms with Crippen molar-refractivity contribution in [2.75, 3.05) is 26.4 Å². The van der Waals surface area contributed by atoms with Crippen LogP contribution in [0.15, 0.2) is 48.5 Å². The largest absolute Gasteiger partial charge is 0.390 e. The third-order valence-corrected chi connectivity index (χ3v) is 6.20. The molecule has 2 aromatic rings. The van der Waals surface area contributed by atoms with Crippen LogP contribution in [-0.2, 0) is 27.7 Å². The number of aliphatic hydroxyl groups excluding tert-OH is 2. The number of hydrogen-bond acceptors (Lipinski definition) is 4. The van der Waals surface area contributed by atoms with Gasteiger partial charge in [-0.25, -0.2) is 0 Å². The van der Waals surface area contributed by atoms with E-state index in [1.165, 1.54) is 11.1 Å². The molecule has 33 heavy (non-hydrogen) atoms. The topological polar surface area (TPSA) is 58.9 Å². The van der Waals surface area contributed by atoms with Crippen molar-refractivity contribution in [2.24, 2.45) is 0 Å². The number of hydrogen-bond donors (Lipinski definition) is 2. The Labute approximate surface area is 201 Å². The normalized spacial score (nSPS) is 13.8. The zero-order valence-corrected chi connectivity index (χ0v) is 21.1. The second-order valence-electron chi connectivity index (χ2n) is 9.59. The molecule has 0 aliphatic heterocycles. The van der Waals surface area contributed by atoms with E-state index in [0.717, 1.165) is 36.8 Å². The van der Waals surface area contributed by atoms with E-state index in [-0.39, 0.29) is 5.41 Å². The van der Waals surface area contributed by atoms with Gasteiger partial charge in [-0.1, -0.05) is 89.1 Å². The Morgan fingerprint density at radius 2 is 1.03 bits per heavy atom. The summed E-state index contributed by atoms with van der Waals surface area (Å²) in [4.78, 5) is 0. The fourth-order valence-corrected chi connectivity index (χ4v) is 3.88. The van der Waals surface area contributed by atoms with Crippen LogP contribution in [0.1, 0.15) is 75.6 Å². The molecule has 2 N–H and O–H groups in total.